The molecule has 0 unspecified atom stereocenters. The smallest absolute Gasteiger partial charge is 0.416 e. The lowest BCUT2D eigenvalue weighted by atomic mass is 10.2. The summed E-state index contributed by atoms with van der Waals surface area (Å²) in [5.74, 6) is -2.02. The molecule has 0 aliphatic heterocycles. The van der Waals surface area contributed by atoms with Gasteiger partial charge >= 0.3 is 12.1 Å². The van der Waals surface area contributed by atoms with Crippen LogP contribution >= 0.6 is 0 Å². The fourth-order valence-corrected chi connectivity index (χ4v) is 1.43. The lowest BCUT2D eigenvalue weighted by Crippen LogP contribution is -2.05. The molecule has 106 valence electrons. The van der Waals surface area contributed by atoms with E-state index in [2.05, 4.69) is 10.1 Å². The Morgan fingerprint density at radius 1 is 1.45 bits per heavy atom. The molecule has 0 bridgehead atoms. The van der Waals surface area contributed by atoms with Crippen molar-refractivity contribution in [1.82, 2.24) is 14.8 Å². The first-order valence-corrected chi connectivity index (χ1v) is 5.25. The van der Waals surface area contributed by atoms with Crippen molar-refractivity contribution in [3.63, 3.8) is 0 Å². The van der Waals surface area contributed by atoms with Gasteiger partial charge in [0.1, 0.15) is 5.56 Å². The normalized spacial score (nSPS) is 11.4. The van der Waals surface area contributed by atoms with E-state index in [1.807, 2.05) is 0 Å². The first-order chi connectivity index (χ1) is 9.27. The minimum absolute atomic E-state index is 0.272. The van der Waals surface area contributed by atoms with Gasteiger partial charge < -0.3 is 9.84 Å². The predicted molar refractivity (Wildman–Crippen MR) is 59.5 cm³/mol. The van der Waals surface area contributed by atoms with E-state index >= 15 is 0 Å². The summed E-state index contributed by atoms with van der Waals surface area (Å²) in [6.45, 7) is 0. The third-order valence-corrected chi connectivity index (χ3v) is 2.29. The quantitative estimate of drug-likeness (QED) is 0.937. The molecule has 0 aliphatic carbocycles. The number of carboxylic acid groups (broad SMARTS) is 1. The summed E-state index contributed by atoms with van der Waals surface area (Å²) in [5, 5.41) is 12.6. The Morgan fingerprint density at radius 2 is 2.15 bits per heavy atom. The second-order valence-electron chi connectivity index (χ2n) is 3.81. The van der Waals surface area contributed by atoms with E-state index in [0.717, 1.165) is 12.3 Å². The van der Waals surface area contributed by atoms with E-state index in [-0.39, 0.29) is 17.3 Å². The highest BCUT2D eigenvalue weighted by Gasteiger charge is 2.31. The van der Waals surface area contributed by atoms with Crippen LogP contribution in [0.4, 0.5) is 13.2 Å². The Hall–Kier alpha value is -2.58. The number of hydrogen-bond donors (Lipinski definition) is 1. The molecular formula is C11H8F3N3O3. The molecule has 0 spiro atoms. The topological polar surface area (TPSA) is 77.2 Å². The molecule has 2 aromatic rings. The molecule has 9 heteroatoms. The highest BCUT2D eigenvalue weighted by atomic mass is 19.4. The standard InChI is InChI=1S/C11H8F3N3O3/c1-17-5-7(10(18)19)9(16-17)20-8-4-6(2-3-15-8)11(12,13)14/h2-5H,1H3,(H,18,19). The van der Waals surface area contributed by atoms with Crippen LogP contribution in [0.15, 0.2) is 24.5 Å². The third kappa shape index (κ3) is 2.87. The van der Waals surface area contributed by atoms with E-state index in [1.54, 1.807) is 0 Å². The zero-order valence-electron chi connectivity index (χ0n) is 10.0. The minimum Gasteiger partial charge on any atom is -0.477 e. The summed E-state index contributed by atoms with van der Waals surface area (Å²) in [5.41, 5.74) is -1.22. The molecule has 2 aromatic heterocycles. The minimum atomic E-state index is -4.54. The van der Waals surface area contributed by atoms with Gasteiger partial charge in [-0.1, -0.05) is 0 Å². The molecule has 0 aromatic carbocycles. The van der Waals surface area contributed by atoms with Crippen molar-refractivity contribution in [3.05, 3.63) is 35.7 Å². The molecule has 0 amide bonds. The number of pyridine rings is 1. The molecule has 0 saturated heterocycles. The number of carboxylic acids is 1. The van der Waals surface area contributed by atoms with Crippen LogP contribution in [0.1, 0.15) is 15.9 Å². The van der Waals surface area contributed by atoms with Crippen LogP contribution in [0.5, 0.6) is 11.8 Å². The second kappa shape index (κ2) is 4.83. The first-order valence-electron chi connectivity index (χ1n) is 5.25. The number of halogens is 3. The van der Waals surface area contributed by atoms with Crippen LogP contribution in [0, 0.1) is 0 Å². The SMILES string of the molecule is Cn1cc(C(=O)O)c(Oc2cc(C(F)(F)F)ccn2)n1. The van der Waals surface area contributed by atoms with Crippen LogP contribution in [-0.4, -0.2) is 25.8 Å². The Balaban J connectivity index is 2.33. The Kier molecular flexibility index (Phi) is 3.35. The zero-order valence-corrected chi connectivity index (χ0v) is 10.0. The Morgan fingerprint density at radius 3 is 2.75 bits per heavy atom. The van der Waals surface area contributed by atoms with Crippen molar-refractivity contribution in [2.75, 3.05) is 0 Å². The number of alkyl halides is 3. The van der Waals surface area contributed by atoms with Crippen molar-refractivity contribution in [3.8, 4) is 11.8 Å². The van der Waals surface area contributed by atoms with Crippen molar-refractivity contribution in [2.24, 2.45) is 7.05 Å². The zero-order chi connectivity index (χ0) is 14.9. The number of ether oxygens (including phenoxy) is 1. The molecule has 2 heterocycles. The van der Waals surface area contributed by atoms with E-state index in [4.69, 9.17) is 9.84 Å². The van der Waals surface area contributed by atoms with Gasteiger partial charge in [-0.3, -0.25) is 4.68 Å². The van der Waals surface area contributed by atoms with Gasteiger partial charge in [-0.25, -0.2) is 9.78 Å². The van der Waals surface area contributed by atoms with Crippen LogP contribution in [0.25, 0.3) is 0 Å². The molecule has 0 radical (unpaired) electrons. The number of aromatic nitrogens is 3. The van der Waals surface area contributed by atoms with Crippen molar-refractivity contribution >= 4 is 5.97 Å². The number of aromatic carboxylic acids is 1. The number of aryl methyl sites for hydroxylation is 1. The fraction of sp³-hybridized carbons (Fsp3) is 0.182. The first kappa shape index (κ1) is 13.8. The van der Waals surface area contributed by atoms with Gasteiger partial charge in [0.15, 0.2) is 0 Å². The highest BCUT2D eigenvalue weighted by molar-refractivity contribution is 5.90. The molecule has 20 heavy (non-hydrogen) atoms. The molecule has 0 fully saturated rings. The van der Waals surface area contributed by atoms with Crippen LogP contribution in [0.3, 0.4) is 0 Å². The molecule has 0 aliphatic rings. The van der Waals surface area contributed by atoms with Gasteiger partial charge in [-0.2, -0.15) is 13.2 Å². The Labute approximate surface area is 110 Å². The molecular weight excluding hydrogens is 279 g/mol. The van der Waals surface area contributed by atoms with Crippen molar-refractivity contribution in [1.29, 1.82) is 0 Å². The molecule has 0 atom stereocenters. The monoisotopic (exact) mass is 287 g/mol. The third-order valence-electron chi connectivity index (χ3n) is 2.29. The molecule has 2 rings (SSSR count). The summed E-state index contributed by atoms with van der Waals surface area (Å²) < 4.78 is 43.7. The summed E-state index contributed by atoms with van der Waals surface area (Å²) >= 11 is 0. The van der Waals surface area contributed by atoms with E-state index < -0.39 is 17.7 Å². The maximum Gasteiger partial charge on any atom is 0.416 e. The molecule has 6 nitrogen and oxygen atoms in total. The Bertz CT molecular complexity index is 652. The number of hydrogen-bond acceptors (Lipinski definition) is 4. The van der Waals surface area contributed by atoms with E-state index in [1.165, 1.54) is 17.9 Å². The van der Waals surface area contributed by atoms with Gasteiger partial charge in [-0.15, -0.1) is 5.10 Å². The van der Waals surface area contributed by atoms with E-state index in [9.17, 15) is 18.0 Å². The predicted octanol–water partition coefficient (Wildman–Crippen LogP) is 2.32. The maximum atomic E-state index is 12.5. The van der Waals surface area contributed by atoms with Crippen LogP contribution in [-0.2, 0) is 13.2 Å². The van der Waals surface area contributed by atoms with Crippen molar-refractivity contribution in [2.45, 2.75) is 6.18 Å². The van der Waals surface area contributed by atoms with Crippen LogP contribution in [0.2, 0.25) is 0 Å². The van der Waals surface area contributed by atoms with Crippen LogP contribution < -0.4 is 4.74 Å². The summed E-state index contributed by atoms with van der Waals surface area (Å²) in [4.78, 5) is 14.5. The average Bonchev–Trinajstić information content (AvgIpc) is 2.69. The molecule has 1 N–H and O–H groups in total. The summed E-state index contributed by atoms with van der Waals surface area (Å²) in [6, 6.07) is 1.45. The van der Waals surface area contributed by atoms with Gasteiger partial charge in [-0.05, 0) is 6.07 Å². The van der Waals surface area contributed by atoms with Gasteiger partial charge in [0.05, 0.1) is 5.56 Å². The number of nitrogens with zero attached hydrogens (tertiary/aromatic N) is 3. The van der Waals surface area contributed by atoms with E-state index in [0.29, 0.717) is 6.07 Å². The summed E-state index contributed by atoms with van der Waals surface area (Å²) in [7, 11) is 1.46. The molecule has 0 saturated carbocycles. The maximum absolute atomic E-state index is 12.5. The lowest BCUT2D eigenvalue weighted by Gasteiger charge is -2.08. The second-order valence-corrected chi connectivity index (χ2v) is 3.81. The average molecular weight is 287 g/mol. The van der Waals surface area contributed by atoms with Gasteiger partial charge in [0.2, 0.25) is 5.88 Å². The number of carbonyl (C=O) groups is 1. The van der Waals surface area contributed by atoms with Gasteiger partial charge in [0.25, 0.3) is 5.88 Å². The fourth-order valence-electron chi connectivity index (χ4n) is 1.43. The lowest BCUT2D eigenvalue weighted by molar-refractivity contribution is -0.137. The summed E-state index contributed by atoms with van der Waals surface area (Å²) in [6.07, 6.45) is -2.45. The van der Waals surface area contributed by atoms with Crippen molar-refractivity contribution < 1.29 is 27.8 Å². The van der Waals surface area contributed by atoms with Gasteiger partial charge in [0, 0.05) is 25.5 Å². The largest absolute Gasteiger partial charge is 0.477 e. The number of rotatable bonds is 3. The highest BCUT2D eigenvalue weighted by Crippen LogP contribution is 2.31.